The van der Waals surface area contributed by atoms with Gasteiger partial charge in [-0.1, -0.05) is 23.7 Å². The van der Waals surface area contributed by atoms with Crippen molar-refractivity contribution in [1.82, 2.24) is 5.32 Å². The van der Waals surface area contributed by atoms with Gasteiger partial charge >= 0.3 is 0 Å². The SMILES string of the molecule is Nc1ccc(C(=O)NCc2ccc(Cl)cc2)o1. The van der Waals surface area contributed by atoms with Crippen LogP contribution in [0.5, 0.6) is 0 Å². The van der Waals surface area contributed by atoms with E-state index in [1.807, 2.05) is 12.1 Å². The first-order valence-electron chi connectivity index (χ1n) is 5.03. The van der Waals surface area contributed by atoms with Gasteiger partial charge in [-0.05, 0) is 23.8 Å². The summed E-state index contributed by atoms with van der Waals surface area (Å²) in [7, 11) is 0. The summed E-state index contributed by atoms with van der Waals surface area (Å²) in [5.74, 6) is 0.134. The van der Waals surface area contributed by atoms with E-state index in [1.54, 1.807) is 12.1 Å². The molecule has 17 heavy (non-hydrogen) atoms. The van der Waals surface area contributed by atoms with Crippen LogP contribution in [0.3, 0.4) is 0 Å². The monoisotopic (exact) mass is 250 g/mol. The van der Waals surface area contributed by atoms with Crippen LogP contribution in [0.2, 0.25) is 5.02 Å². The molecule has 88 valence electrons. The first-order chi connectivity index (χ1) is 8.15. The van der Waals surface area contributed by atoms with Crippen molar-refractivity contribution in [3.8, 4) is 0 Å². The number of nitrogens with two attached hydrogens (primary N) is 1. The summed E-state index contributed by atoms with van der Waals surface area (Å²) in [4.78, 5) is 11.6. The number of carbonyl (C=O) groups is 1. The largest absolute Gasteiger partial charge is 0.436 e. The molecule has 0 unspecified atom stereocenters. The van der Waals surface area contributed by atoms with Gasteiger partial charge in [-0.15, -0.1) is 0 Å². The van der Waals surface area contributed by atoms with E-state index in [9.17, 15) is 4.79 Å². The molecule has 0 saturated heterocycles. The van der Waals surface area contributed by atoms with Crippen LogP contribution in [0.25, 0.3) is 0 Å². The Morgan fingerprint density at radius 2 is 1.94 bits per heavy atom. The highest BCUT2D eigenvalue weighted by atomic mass is 35.5. The predicted molar refractivity (Wildman–Crippen MR) is 65.7 cm³/mol. The molecule has 1 heterocycles. The molecule has 1 aromatic carbocycles. The summed E-state index contributed by atoms with van der Waals surface area (Å²) in [6, 6.07) is 10.3. The third-order valence-electron chi connectivity index (χ3n) is 2.22. The number of anilines is 1. The van der Waals surface area contributed by atoms with Gasteiger partial charge < -0.3 is 15.5 Å². The minimum atomic E-state index is -0.295. The smallest absolute Gasteiger partial charge is 0.287 e. The molecule has 0 aliphatic rings. The second kappa shape index (κ2) is 4.93. The molecule has 4 nitrogen and oxygen atoms in total. The molecular formula is C12H11ClN2O2. The summed E-state index contributed by atoms with van der Waals surface area (Å²) >= 11 is 5.76. The van der Waals surface area contributed by atoms with Crippen molar-refractivity contribution in [2.75, 3.05) is 5.73 Å². The Labute approximate surface area is 103 Å². The Morgan fingerprint density at radius 1 is 1.24 bits per heavy atom. The zero-order chi connectivity index (χ0) is 12.3. The Balaban J connectivity index is 1.94. The van der Waals surface area contributed by atoms with Crippen molar-refractivity contribution < 1.29 is 9.21 Å². The first-order valence-corrected chi connectivity index (χ1v) is 5.41. The Kier molecular flexibility index (Phi) is 3.35. The first kappa shape index (κ1) is 11.5. The number of halogens is 1. The van der Waals surface area contributed by atoms with Crippen molar-refractivity contribution >= 4 is 23.4 Å². The van der Waals surface area contributed by atoms with Crippen molar-refractivity contribution in [2.45, 2.75) is 6.54 Å². The number of hydrogen-bond donors (Lipinski definition) is 2. The third-order valence-corrected chi connectivity index (χ3v) is 2.47. The van der Waals surface area contributed by atoms with E-state index in [2.05, 4.69) is 5.32 Å². The lowest BCUT2D eigenvalue weighted by Gasteiger charge is -2.03. The fourth-order valence-corrected chi connectivity index (χ4v) is 1.47. The molecule has 1 aromatic heterocycles. The lowest BCUT2D eigenvalue weighted by Crippen LogP contribution is -2.22. The average molecular weight is 251 g/mol. The molecule has 2 rings (SSSR count). The van der Waals surface area contributed by atoms with Crippen LogP contribution in [0.15, 0.2) is 40.8 Å². The zero-order valence-electron chi connectivity index (χ0n) is 8.94. The van der Waals surface area contributed by atoms with E-state index in [4.69, 9.17) is 21.8 Å². The fourth-order valence-electron chi connectivity index (χ4n) is 1.35. The number of nitrogen functional groups attached to an aromatic ring is 1. The maximum atomic E-state index is 11.6. The summed E-state index contributed by atoms with van der Waals surface area (Å²) < 4.78 is 5.00. The lowest BCUT2D eigenvalue weighted by atomic mass is 10.2. The van der Waals surface area contributed by atoms with Crippen LogP contribution < -0.4 is 11.1 Å². The molecule has 0 atom stereocenters. The normalized spacial score (nSPS) is 10.2. The van der Waals surface area contributed by atoms with E-state index in [-0.39, 0.29) is 17.6 Å². The standard InChI is InChI=1S/C12H11ClN2O2/c13-9-3-1-8(2-4-9)7-15-12(16)10-5-6-11(14)17-10/h1-6H,7,14H2,(H,15,16). The third kappa shape index (κ3) is 3.01. The molecule has 0 radical (unpaired) electrons. The van der Waals surface area contributed by atoms with E-state index in [1.165, 1.54) is 12.1 Å². The van der Waals surface area contributed by atoms with Crippen LogP contribution in [0.1, 0.15) is 16.1 Å². The highest BCUT2D eigenvalue weighted by Crippen LogP contribution is 2.11. The van der Waals surface area contributed by atoms with Crippen LogP contribution in [0, 0.1) is 0 Å². The second-order valence-electron chi connectivity index (χ2n) is 3.51. The van der Waals surface area contributed by atoms with E-state index >= 15 is 0 Å². The van der Waals surface area contributed by atoms with Crippen molar-refractivity contribution in [3.05, 3.63) is 52.7 Å². The summed E-state index contributed by atoms with van der Waals surface area (Å²) in [6.45, 7) is 0.413. The van der Waals surface area contributed by atoms with Crippen molar-refractivity contribution in [1.29, 1.82) is 0 Å². The molecular weight excluding hydrogens is 240 g/mol. The van der Waals surface area contributed by atoms with Gasteiger partial charge in [0.05, 0.1) is 0 Å². The Bertz CT molecular complexity index is 520. The van der Waals surface area contributed by atoms with Crippen LogP contribution >= 0.6 is 11.6 Å². The van der Waals surface area contributed by atoms with E-state index < -0.39 is 0 Å². The van der Waals surface area contributed by atoms with Crippen molar-refractivity contribution in [3.63, 3.8) is 0 Å². The Morgan fingerprint density at radius 3 is 2.53 bits per heavy atom. The average Bonchev–Trinajstić information content (AvgIpc) is 2.75. The number of nitrogens with one attached hydrogen (secondary N) is 1. The topological polar surface area (TPSA) is 68.3 Å². The molecule has 5 heteroatoms. The van der Waals surface area contributed by atoms with Crippen LogP contribution in [-0.2, 0) is 6.54 Å². The highest BCUT2D eigenvalue weighted by molar-refractivity contribution is 6.30. The number of amides is 1. The number of rotatable bonds is 3. The van der Waals surface area contributed by atoms with E-state index in [0.717, 1.165) is 5.56 Å². The van der Waals surface area contributed by atoms with Crippen LogP contribution in [0.4, 0.5) is 5.88 Å². The van der Waals surface area contributed by atoms with Gasteiger partial charge in [0.25, 0.3) is 5.91 Å². The Hall–Kier alpha value is -1.94. The minimum Gasteiger partial charge on any atom is -0.436 e. The molecule has 2 aromatic rings. The van der Waals surface area contributed by atoms with Gasteiger partial charge in [-0.3, -0.25) is 4.79 Å². The zero-order valence-corrected chi connectivity index (χ0v) is 9.70. The molecule has 0 aliphatic heterocycles. The quantitative estimate of drug-likeness (QED) is 0.879. The summed E-state index contributed by atoms with van der Waals surface area (Å²) in [5.41, 5.74) is 6.34. The molecule has 1 amide bonds. The fraction of sp³-hybridized carbons (Fsp3) is 0.0833. The summed E-state index contributed by atoms with van der Waals surface area (Å²) in [5, 5.41) is 3.38. The van der Waals surface area contributed by atoms with Gasteiger partial charge in [-0.25, -0.2) is 0 Å². The minimum absolute atomic E-state index is 0.205. The molecule has 0 saturated carbocycles. The molecule has 3 N–H and O–H groups in total. The van der Waals surface area contributed by atoms with E-state index in [0.29, 0.717) is 11.6 Å². The molecule has 0 spiro atoms. The number of carbonyl (C=O) groups excluding carboxylic acids is 1. The maximum Gasteiger partial charge on any atom is 0.287 e. The van der Waals surface area contributed by atoms with Gasteiger partial charge in [0, 0.05) is 17.6 Å². The maximum absolute atomic E-state index is 11.6. The van der Waals surface area contributed by atoms with Gasteiger partial charge in [0.15, 0.2) is 11.6 Å². The summed E-state index contributed by atoms with van der Waals surface area (Å²) in [6.07, 6.45) is 0. The van der Waals surface area contributed by atoms with Crippen molar-refractivity contribution in [2.24, 2.45) is 0 Å². The van der Waals surface area contributed by atoms with Gasteiger partial charge in [0.2, 0.25) is 0 Å². The lowest BCUT2D eigenvalue weighted by molar-refractivity contribution is 0.0924. The molecule has 0 bridgehead atoms. The number of benzene rings is 1. The number of furan rings is 1. The number of hydrogen-bond acceptors (Lipinski definition) is 3. The predicted octanol–water partition coefficient (Wildman–Crippen LogP) is 2.45. The molecule has 0 fully saturated rings. The molecule has 0 aliphatic carbocycles. The highest BCUT2D eigenvalue weighted by Gasteiger charge is 2.09. The van der Waals surface area contributed by atoms with Gasteiger partial charge in [-0.2, -0.15) is 0 Å². The van der Waals surface area contributed by atoms with Gasteiger partial charge in [0.1, 0.15) is 0 Å². The second-order valence-corrected chi connectivity index (χ2v) is 3.95. The van der Waals surface area contributed by atoms with Crippen LogP contribution in [-0.4, -0.2) is 5.91 Å².